The van der Waals surface area contributed by atoms with Crippen molar-refractivity contribution in [3.63, 3.8) is 0 Å². The van der Waals surface area contributed by atoms with Crippen molar-refractivity contribution in [3.05, 3.63) is 29.6 Å². The molecule has 1 rings (SSSR count). The Morgan fingerprint density at radius 1 is 1.41 bits per heavy atom. The van der Waals surface area contributed by atoms with Gasteiger partial charge in [-0.05, 0) is 25.5 Å². The normalized spacial score (nSPS) is 9.76. The second-order valence-corrected chi connectivity index (χ2v) is 3.61. The third-order valence-electron chi connectivity index (χ3n) is 2.05. The highest BCUT2D eigenvalue weighted by atomic mass is 16.5. The highest BCUT2D eigenvalue weighted by molar-refractivity contribution is 5.90. The number of pyridine rings is 1. The van der Waals surface area contributed by atoms with Crippen LogP contribution in [0.15, 0.2) is 18.3 Å². The van der Waals surface area contributed by atoms with E-state index in [2.05, 4.69) is 10.3 Å². The number of amides is 1. The van der Waals surface area contributed by atoms with E-state index in [1.807, 2.05) is 13.8 Å². The molecular formula is C12H16N2O3. The zero-order valence-corrected chi connectivity index (χ0v) is 10.0. The van der Waals surface area contributed by atoms with Crippen LogP contribution in [0.3, 0.4) is 0 Å². The van der Waals surface area contributed by atoms with Crippen LogP contribution in [-0.4, -0.2) is 30.0 Å². The number of aryl methyl sites for hydroxylation is 1. The standard InChI is InChI=1S/C12H16N2O3/c1-3-6-13-11(15)8-17-12(16)10-5-4-9(2)14-7-10/h4-5,7H,3,6,8H2,1-2H3,(H,13,15). The average Bonchev–Trinajstić information content (AvgIpc) is 2.34. The molecule has 1 aromatic rings. The van der Waals surface area contributed by atoms with Gasteiger partial charge in [-0.15, -0.1) is 0 Å². The molecule has 1 aromatic heterocycles. The van der Waals surface area contributed by atoms with Crippen LogP contribution in [0.2, 0.25) is 0 Å². The number of hydrogen-bond donors (Lipinski definition) is 1. The van der Waals surface area contributed by atoms with Gasteiger partial charge in [-0.1, -0.05) is 6.92 Å². The Labute approximate surface area is 100 Å². The van der Waals surface area contributed by atoms with Gasteiger partial charge < -0.3 is 10.1 Å². The van der Waals surface area contributed by atoms with Crippen LogP contribution in [-0.2, 0) is 9.53 Å². The van der Waals surface area contributed by atoms with Gasteiger partial charge in [0.15, 0.2) is 6.61 Å². The summed E-state index contributed by atoms with van der Waals surface area (Å²) in [7, 11) is 0. The van der Waals surface area contributed by atoms with Crippen LogP contribution in [0.1, 0.15) is 29.4 Å². The molecule has 0 aliphatic carbocycles. The molecule has 0 radical (unpaired) electrons. The predicted octanol–water partition coefficient (Wildman–Crippen LogP) is 1.07. The Morgan fingerprint density at radius 2 is 2.18 bits per heavy atom. The Hall–Kier alpha value is -1.91. The summed E-state index contributed by atoms with van der Waals surface area (Å²) in [6, 6.07) is 3.34. The van der Waals surface area contributed by atoms with E-state index in [-0.39, 0.29) is 12.5 Å². The van der Waals surface area contributed by atoms with Gasteiger partial charge in [0, 0.05) is 18.4 Å². The summed E-state index contributed by atoms with van der Waals surface area (Å²) in [6.07, 6.45) is 2.28. The number of nitrogens with zero attached hydrogens (tertiary/aromatic N) is 1. The van der Waals surface area contributed by atoms with Crippen LogP contribution in [0.5, 0.6) is 0 Å². The number of hydrogen-bond acceptors (Lipinski definition) is 4. The number of ether oxygens (including phenoxy) is 1. The third-order valence-corrected chi connectivity index (χ3v) is 2.05. The van der Waals surface area contributed by atoms with Crippen molar-refractivity contribution < 1.29 is 14.3 Å². The molecule has 92 valence electrons. The van der Waals surface area contributed by atoms with Crippen molar-refractivity contribution >= 4 is 11.9 Å². The van der Waals surface area contributed by atoms with Gasteiger partial charge in [0.25, 0.3) is 5.91 Å². The van der Waals surface area contributed by atoms with E-state index in [4.69, 9.17) is 4.74 Å². The minimum absolute atomic E-state index is 0.257. The van der Waals surface area contributed by atoms with Gasteiger partial charge in [0.1, 0.15) is 0 Å². The molecule has 0 bridgehead atoms. The van der Waals surface area contributed by atoms with Crippen LogP contribution >= 0.6 is 0 Å². The number of rotatable bonds is 5. The zero-order chi connectivity index (χ0) is 12.7. The Balaban J connectivity index is 2.39. The summed E-state index contributed by atoms with van der Waals surface area (Å²) in [5, 5.41) is 2.62. The molecule has 0 atom stereocenters. The topological polar surface area (TPSA) is 68.3 Å². The lowest BCUT2D eigenvalue weighted by Gasteiger charge is -2.05. The van der Waals surface area contributed by atoms with E-state index in [1.54, 1.807) is 12.1 Å². The minimum atomic E-state index is -0.538. The van der Waals surface area contributed by atoms with Gasteiger partial charge in [0.05, 0.1) is 5.56 Å². The van der Waals surface area contributed by atoms with E-state index < -0.39 is 5.97 Å². The molecule has 0 aliphatic heterocycles. The number of carbonyl (C=O) groups excluding carboxylic acids is 2. The number of nitrogens with one attached hydrogen (secondary N) is 1. The fraction of sp³-hybridized carbons (Fsp3) is 0.417. The second kappa shape index (κ2) is 6.62. The lowest BCUT2D eigenvalue weighted by molar-refractivity contribution is -0.124. The van der Waals surface area contributed by atoms with Gasteiger partial charge >= 0.3 is 5.97 Å². The molecule has 1 heterocycles. The fourth-order valence-corrected chi connectivity index (χ4v) is 1.12. The molecule has 17 heavy (non-hydrogen) atoms. The molecule has 1 N–H and O–H groups in total. The van der Waals surface area contributed by atoms with Gasteiger partial charge in [0.2, 0.25) is 0 Å². The molecule has 0 fully saturated rings. The molecule has 5 nitrogen and oxygen atoms in total. The molecular weight excluding hydrogens is 220 g/mol. The Bertz CT molecular complexity index is 387. The number of carbonyl (C=O) groups is 2. The van der Waals surface area contributed by atoms with Crippen molar-refractivity contribution in [1.29, 1.82) is 0 Å². The molecule has 5 heteroatoms. The van der Waals surface area contributed by atoms with E-state index in [1.165, 1.54) is 6.20 Å². The van der Waals surface area contributed by atoms with Crippen molar-refractivity contribution in [2.24, 2.45) is 0 Å². The summed E-state index contributed by atoms with van der Waals surface area (Å²) < 4.78 is 4.84. The SMILES string of the molecule is CCCNC(=O)COC(=O)c1ccc(C)nc1. The van der Waals surface area contributed by atoms with Gasteiger partial charge in [-0.2, -0.15) is 0 Å². The van der Waals surface area contributed by atoms with E-state index >= 15 is 0 Å². The maximum Gasteiger partial charge on any atom is 0.340 e. The first-order valence-electron chi connectivity index (χ1n) is 5.50. The van der Waals surface area contributed by atoms with Gasteiger partial charge in [-0.25, -0.2) is 4.79 Å². The molecule has 0 aliphatic rings. The Kier molecular flexibility index (Phi) is 5.13. The summed E-state index contributed by atoms with van der Waals surface area (Å²) in [5.41, 5.74) is 1.17. The molecule has 0 spiro atoms. The molecule has 0 saturated carbocycles. The first-order valence-corrected chi connectivity index (χ1v) is 5.50. The fourth-order valence-electron chi connectivity index (χ4n) is 1.12. The predicted molar refractivity (Wildman–Crippen MR) is 62.6 cm³/mol. The Morgan fingerprint density at radius 3 is 2.76 bits per heavy atom. The van der Waals surface area contributed by atoms with Crippen LogP contribution in [0.4, 0.5) is 0 Å². The van der Waals surface area contributed by atoms with Crippen LogP contribution in [0, 0.1) is 6.92 Å². The van der Waals surface area contributed by atoms with Gasteiger partial charge in [-0.3, -0.25) is 9.78 Å². The first kappa shape index (κ1) is 13.2. The molecule has 0 unspecified atom stereocenters. The van der Waals surface area contributed by atoms with E-state index in [0.29, 0.717) is 12.1 Å². The smallest absolute Gasteiger partial charge is 0.340 e. The summed E-state index contributed by atoms with van der Waals surface area (Å²) in [6.45, 7) is 4.10. The van der Waals surface area contributed by atoms with Crippen LogP contribution < -0.4 is 5.32 Å². The van der Waals surface area contributed by atoms with E-state index in [0.717, 1.165) is 12.1 Å². The summed E-state index contributed by atoms with van der Waals surface area (Å²) in [5.74, 6) is -0.829. The third kappa shape index (κ3) is 4.63. The lowest BCUT2D eigenvalue weighted by atomic mass is 10.2. The van der Waals surface area contributed by atoms with Crippen molar-refractivity contribution in [2.45, 2.75) is 20.3 Å². The lowest BCUT2D eigenvalue weighted by Crippen LogP contribution is -2.29. The molecule has 0 aromatic carbocycles. The average molecular weight is 236 g/mol. The highest BCUT2D eigenvalue weighted by Crippen LogP contribution is 2.01. The molecule has 0 saturated heterocycles. The highest BCUT2D eigenvalue weighted by Gasteiger charge is 2.09. The first-order chi connectivity index (χ1) is 8.13. The van der Waals surface area contributed by atoms with Crippen LogP contribution in [0.25, 0.3) is 0 Å². The van der Waals surface area contributed by atoms with E-state index in [9.17, 15) is 9.59 Å². The quantitative estimate of drug-likeness (QED) is 0.776. The minimum Gasteiger partial charge on any atom is -0.452 e. The molecule has 1 amide bonds. The second-order valence-electron chi connectivity index (χ2n) is 3.61. The zero-order valence-electron chi connectivity index (χ0n) is 10.0. The maximum atomic E-state index is 11.5. The van der Waals surface area contributed by atoms with Crippen molar-refractivity contribution in [2.75, 3.05) is 13.2 Å². The largest absolute Gasteiger partial charge is 0.452 e. The van der Waals surface area contributed by atoms with Crippen molar-refractivity contribution in [3.8, 4) is 0 Å². The van der Waals surface area contributed by atoms with Crippen molar-refractivity contribution in [1.82, 2.24) is 10.3 Å². The maximum absolute atomic E-state index is 11.5. The monoisotopic (exact) mass is 236 g/mol. The summed E-state index contributed by atoms with van der Waals surface area (Å²) in [4.78, 5) is 26.7. The number of aromatic nitrogens is 1. The number of esters is 1. The summed E-state index contributed by atoms with van der Waals surface area (Å²) >= 11 is 0.